The van der Waals surface area contributed by atoms with E-state index in [2.05, 4.69) is 15.3 Å². The van der Waals surface area contributed by atoms with Gasteiger partial charge in [0.05, 0.1) is 11.4 Å². The molecule has 2 aliphatic heterocycles. The SMILES string of the molecule is O=C(Nc1c(F)cccc1N1CCCC1)C1=NN(c2ccccc2)C(=O)CC1. The number of rotatable bonds is 4. The third kappa shape index (κ3) is 3.60. The van der Waals surface area contributed by atoms with E-state index < -0.39 is 11.7 Å². The van der Waals surface area contributed by atoms with Crippen LogP contribution in [-0.2, 0) is 9.59 Å². The molecule has 144 valence electrons. The minimum atomic E-state index is -0.487. The number of anilines is 3. The largest absolute Gasteiger partial charge is 0.370 e. The zero-order valence-corrected chi connectivity index (χ0v) is 15.4. The Morgan fingerprint density at radius 1 is 1.00 bits per heavy atom. The zero-order valence-electron chi connectivity index (χ0n) is 15.4. The molecular formula is C21H21FN4O2. The molecule has 2 aromatic rings. The second-order valence-corrected chi connectivity index (χ2v) is 6.87. The number of nitrogens with one attached hydrogen (secondary N) is 1. The van der Waals surface area contributed by atoms with E-state index in [9.17, 15) is 14.0 Å². The van der Waals surface area contributed by atoms with E-state index in [1.165, 1.54) is 11.1 Å². The fourth-order valence-electron chi connectivity index (χ4n) is 3.53. The van der Waals surface area contributed by atoms with Gasteiger partial charge >= 0.3 is 0 Å². The van der Waals surface area contributed by atoms with Crippen LogP contribution in [0.3, 0.4) is 0 Å². The van der Waals surface area contributed by atoms with E-state index in [-0.39, 0.29) is 30.1 Å². The quantitative estimate of drug-likeness (QED) is 0.882. The molecule has 28 heavy (non-hydrogen) atoms. The Kier molecular flexibility index (Phi) is 5.06. The molecule has 2 amide bonds. The van der Waals surface area contributed by atoms with Crippen molar-refractivity contribution in [1.29, 1.82) is 0 Å². The minimum absolute atomic E-state index is 0.167. The van der Waals surface area contributed by atoms with Crippen molar-refractivity contribution < 1.29 is 14.0 Å². The van der Waals surface area contributed by atoms with Crippen molar-refractivity contribution in [2.75, 3.05) is 28.3 Å². The number of hydrogen-bond acceptors (Lipinski definition) is 4. The van der Waals surface area contributed by atoms with Gasteiger partial charge in [-0.05, 0) is 37.1 Å². The number of hydrazone groups is 1. The molecule has 2 aromatic carbocycles. The number of amides is 2. The van der Waals surface area contributed by atoms with Crippen LogP contribution in [0.5, 0.6) is 0 Å². The van der Waals surface area contributed by atoms with Crippen molar-refractivity contribution in [3.63, 3.8) is 0 Å². The molecule has 0 radical (unpaired) electrons. The highest BCUT2D eigenvalue weighted by Gasteiger charge is 2.27. The number of hydrogen-bond donors (Lipinski definition) is 1. The molecule has 7 heteroatoms. The van der Waals surface area contributed by atoms with Crippen LogP contribution in [0.15, 0.2) is 53.6 Å². The standard InChI is InChI=1S/C21H21FN4O2/c22-16-9-6-10-18(25-13-4-5-14-25)20(16)23-21(28)17-11-12-19(27)26(24-17)15-7-2-1-3-8-15/h1-3,6-10H,4-5,11-14H2,(H,23,28). The average molecular weight is 380 g/mol. The van der Waals surface area contributed by atoms with Crippen molar-refractivity contribution >= 4 is 34.6 Å². The summed E-state index contributed by atoms with van der Waals surface area (Å²) in [5.41, 5.74) is 1.65. The summed E-state index contributed by atoms with van der Waals surface area (Å²) in [5, 5.41) is 8.16. The maximum atomic E-state index is 14.5. The van der Waals surface area contributed by atoms with Gasteiger partial charge in [-0.15, -0.1) is 0 Å². The highest BCUT2D eigenvalue weighted by atomic mass is 19.1. The van der Waals surface area contributed by atoms with Crippen molar-refractivity contribution in [3.05, 3.63) is 54.3 Å². The molecule has 6 nitrogen and oxygen atoms in total. The summed E-state index contributed by atoms with van der Waals surface area (Å²) in [6, 6.07) is 13.7. The Morgan fingerprint density at radius 3 is 2.50 bits per heavy atom. The first-order valence-corrected chi connectivity index (χ1v) is 9.44. The van der Waals surface area contributed by atoms with Crippen molar-refractivity contribution in [3.8, 4) is 0 Å². The molecular weight excluding hydrogens is 359 g/mol. The van der Waals surface area contributed by atoms with E-state index >= 15 is 0 Å². The van der Waals surface area contributed by atoms with Crippen molar-refractivity contribution in [2.45, 2.75) is 25.7 Å². The summed E-state index contributed by atoms with van der Waals surface area (Å²) >= 11 is 0. The van der Waals surface area contributed by atoms with Gasteiger partial charge in [-0.2, -0.15) is 5.10 Å². The number of nitrogens with zero attached hydrogens (tertiary/aromatic N) is 3. The fraction of sp³-hybridized carbons (Fsp3) is 0.286. The van der Waals surface area contributed by atoms with Crippen LogP contribution in [0, 0.1) is 5.82 Å². The molecule has 0 bridgehead atoms. The lowest BCUT2D eigenvalue weighted by molar-refractivity contribution is -0.118. The first-order chi connectivity index (χ1) is 13.6. The molecule has 4 rings (SSSR count). The normalized spacial score (nSPS) is 16.9. The summed E-state index contributed by atoms with van der Waals surface area (Å²) in [6.45, 7) is 1.67. The lowest BCUT2D eigenvalue weighted by atomic mass is 10.1. The Labute approximate surface area is 162 Å². The van der Waals surface area contributed by atoms with Crippen LogP contribution in [0.1, 0.15) is 25.7 Å². The summed E-state index contributed by atoms with van der Waals surface area (Å²) in [5.74, 6) is -1.14. The number of halogens is 1. The second-order valence-electron chi connectivity index (χ2n) is 6.87. The third-order valence-corrected chi connectivity index (χ3v) is 4.97. The topological polar surface area (TPSA) is 65.0 Å². The molecule has 0 atom stereocenters. The lowest BCUT2D eigenvalue weighted by Crippen LogP contribution is -2.36. The molecule has 1 fully saturated rings. The van der Waals surface area contributed by atoms with E-state index in [0.717, 1.165) is 25.9 Å². The number of carbonyl (C=O) groups is 2. The molecule has 0 unspecified atom stereocenters. The van der Waals surface area contributed by atoms with Crippen LogP contribution in [0.4, 0.5) is 21.5 Å². The number of benzene rings is 2. The Bertz CT molecular complexity index is 923. The van der Waals surface area contributed by atoms with Crippen LogP contribution in [0.2, 0.25) is 0 Å². The summed E-state index contributed by atoms with van der Waals surface area (Å²) in [6.07, 6.45) is 2.49. The average Bonchev–Trinajstić information content (AvgIpc) is 3.25. The van der Waals surface area contributed by atoms with Gasteiger partial charge in [-0.1, -0.05) is 24.3 Å². The Hall–Kier alpha value is -3.22. The number of para-hydroxylation sites is 2. The molecule has 0 aliphatic carbocycles. The van der Waals surface area contributed by atoms with E-state index in [4.69, 9.17) is 0 Å². The summed E-state index contributed by atoms with van der Waals surface area (Å²) in [4.78, 5) is 27.1. The summed E-state index contributed by atoms with van der Waals surface area (Å²) < 4.78 is 14.5. The molecule has 2 heterocycles. The van der Waals surface area contributed by atoms with E-state index in [1.54, 1.807) is 30.3 Å². The van der Waals surface area contributed by atoms with Crippen LogP contribution in [-0.4, -0.2) is 30.6 Å². The highest BCUT2D eigenvalue weighted by Crippen LogP contribution is 2.31. The zero-order chi connectivity index (χ0) is 19.5. The predicted octanol–water partition coefficient (Wildman–Crippen LogP) is 3.55. The van der Waals surface area contributed by atoms with Gasteiger partial charge in [0.2, 0.25) is 5.91 Å². The van der Waals surface area contributed by atoms with Gasteiger partial charge in [0, 0.05) is 25.9 Å². The van der Waals surface area contributed by atoms with Crippen LogP contribution in [0.25, 0.3) is 0 Å². The second kappa shape index (κ2) is 7.80. The highest BCUT2D eigenvalue weighted by molar-refractivity contribution is 6.44. The maximum Gasteiger partial charge on any atom is 0.272 e. The van der Waals surface area contributed by atoms with Crippen LogP contribution >= 0.6 is 0 Å². The Balaban J connectivity index is 1.59. The maximum absolute atomic E-state index is 14.5. The molecule has 2 aliphatic rings. The van der Waals surface area contributed by atoms with E-state index in [1.807, 2.05) is 12.1 Å². The smallest absolute Gasteiger partial charge is 0.272 e. The van der Waals surface area contributed by atoms with Gasteiger partial charge in [0.25, 0.3) is 5.91 Å². The lowest BCUT2D eigenvalue weighted by Gasteiger charge is -2.24. The number of carbonyl (C=O) groups excluding carboxylic acids is 2. The molecule has 0 spiro atoms. The van der Waals surface area contributed by atoms with Crippen molar-refractivity contribution in [2.24, 2.45) is 5.10 Å². The molecule has 0 aromatic heterocycles. The molecule has 0 saturated carbocycles. The predicted molar refractivity (Wildman–Crippen MR) is 107 cm³/mol. The van der Waals surface area contributed by atoms with Crippen molar-refractivity contribution in [1.82, 2.24) is 0 Å². The Morgan fingerprint density at radius 2 is 1.75 bits per heavy atom. The van der Waals surface area contributed by atoms with Gasteiger partial charge < -0.3 is 10.2 Å². The molecule has 1 N–H and O–H groups in total. The van der Waals surface area contributed by atoms with Crippen LogP contribution < -0.4 is 15.2 Å². The molecule has 1 saturated heterocycles. The summed E-state index contributed by atoms with van der Waals surface area (Å²) in [7, 11) is 0. The monoisotopic (exact) mass is 380 g/mol. The third-order valence-electron chi connectivity index (χ3n) is 4.97. The van der Waals surface area contributed by atoms with E-state index in [0.29, 0.717) is 11.4 Å². The first kappa shape index (κ1) is 18.2. The fourth-order valence-corrected chi connectivity index (χ4v) is 3.53. The van der Waals surface area contributed by atoms with Gasteiger partial charge in [0.1, 0.15) is 17.2 Å². The van der Waals surface area contributed by atoms with Gasteiger partial charge in [-0.3, -0.25) is 9.59 Å². The van der Waals surface area contributed by atoms with Gasteiger partial charge in [0.15, 0.2) is 0 Å². The minimum Gasteiger partial charge on any atom is -0.370 e. The van der Waals surface area contributed by atoms with Gasteiger partial charge in [-0.25, -0.2) is 9.40 Å². The first-order valence-electron chi connectivity index (χ1n) is 9.44.